The number of carbonyl (C=O) groups is 1. The van der Waals surface area contributed by atoms with Crippen LogP contribution >= 0.6 is 0 Å². The maximum absolute atomic E-state index is 12.7. The van der Waals surface area contributed by atoms with Crippen LogP contribution in [0.5, 0.6) is 0 Å². The van der Waals surface area contributed by atoms with Crippen LogP contribution in [-0.4, -0.2) is 49.2 Å². The Kier molecular flexibility index (Phi) is 5.70. The van der Waals surface area contributed by atoms with Crippen molar-refractivity contribution in [3.8, 4) is 0 Å². The summed E-state index contributed by atoms with van der Waals surface area (Å²) in [5.41, 5.74) is 3.52. The second-order valence-corrected chi connectivity index (χ2v) is 14.0. The standard InChI is InChI=1S/C18H31N3O2Si/c1-13(2)17-16-15(10-14(18(16)22)11-20(3)4)19-21(17)12-23-8-9-24(5,6)7/h11,13H,8-10,12H2,1-7H3/b14-11-. The summed E-state index contributed by atoms with van der Waals surface area (Å²) in [7, 11) is 2.79. The summed E-state index contributed by atoms with van der Waals surface area (Å²) < 4.78 is 7.74. The van der Waals surface area contributed by atoms with Crippen LogP contribution in [0.4, 0.5) is 0 Å². The molecule has 0 aliphatic heterocycles. The SMILES string of the molecule is CC(C)c1c2c(nn1COCC[Si](C)(C)C)C/C(=C/N(C)C)C2=O. The molecule has 0 atom stereocenters. The van der Waals surface area contributed by atoms with Crippen LogP contribution in [0.1, 0.15) is 41.5 Å². The average Bonchev–Trinajstić information content (AvgIpc) is 2.91. The van der Waals surface area contributed by atoms with Gasteiger partial charge in [-0.05, 0) is 12.0 Å². The first-order chi connectivity index (χ1) is 11.1. The van der Waals surface area contributed by atoms with E-state index in [1.165, 1.54) is 0 Å². The molecule has 5 nitrogen and oxygen atoms in total. The minimum Gasteiger partial charge on any atom is -0.383 e. The Balaban J connectivity index is 2.17. The van der Waals surface area contributed by atoms with Gasteiger partial charge >= 0.3 is 0 Å². The molecule has 0 saturated heterocycles. The number of Topliss-reactive ketones (excluding diaryl/α,β-unsaturated/α-hetero) is 1. The number of ether oxygens (including phenoxy) is 1. The van der Waals surface area contributed by atoms with Crippen LogP contribution in [0.2, 0.25) is 25.7 Å². The summed E-state index contributed by atoms with van der Waals surface area (Å²) in [6.07, 6.45) is 2.52. The molecule has 0 unspecified atom stereocenters. The Hall–Kier alpha value is -1.40. The Morgan fingerprint density at radius 1 is 1.33 bits per heavy atom. The summed E-state index contributed by atoms with van der Waals surface area (Å²) in [5.74, 6) is 0.361. The molecule has 24 heavy (non-hydrogen) atoms. The molecular weight excluding hydrogens is 318 g/mol. The maximum atomic E-state index is 12.7. The Morgan fingerprint density at radius 3 is 2.54 bits per heavy atom. The van der Waals surface area contributed by atoms with Gasteiger partial charge in [0.05, 0.1) is 17.0 Å². The second kappa shape index (κ2) is 7.23. The van der Waals surface area contributed by atoms with Crippen molar-refractivity contribution in [1.29, 1.82) is 0 Å². The molecular formula is C18H31N3O2Si. The highest BCUT2D eigenvalue weighted by Crippen LogP contribution is 2.32. The van der Waals surface area contributed by atoms with Crippen LogP contribution in [0.3, 0.4) is 0 Å². The number of carbonyl (C=O) groups excluding carboxylic acids is 1. The van der Waals surface area contributed by atoms with E-state index in [2.05, 4.69) is 38.6 Å². The van der Waals surface area contributed by atoms with Gasteiger partial charge in [-0.25, -0.2) is 4.68 Å². The van der Waals surface area contributed by atoms with Gasteiger partial charge in [-0.1, -0.05) is 33.5 Å². The summed E-state index contributed by atoms with van der Waals surface area (Å²) >= 11 is 0. The van der Waals surface area contributed by atoms with Gasteiger partial charge in [0.15, 0.2) is 5.78 Å². The first-order valence-electron chi connectivity index (χ1n) is 8.69. The summed E-state index contributed by atoms with van der Waals surface area (Å²) in [6, 6.07) is 1.14. The lowest BCUT2D eigenvalue weighted by Gasteiger charge is -2.17. The van der Waals surface area contributed by atoms with Crippen LogP contribution in [0.15, 0.2) is 11.8 Å². The van der Waals surface area contributed by atoms with Crippen LogP contribution in [0, 0.1) is 0 Å². The Bertz CT molecular complexity index is 639. The lowest BCUT2D eigenvalue weighted by molar-refractivity contribution is 0.0754. The minimum absolute atomic E-state index is 0.121. The molecule has 1 aliphatic rings. The third-order valence-corrected chi connectivity index (χ3v) is 5.82. The van der Waals surface area contributed by atoms with E-state index in [-0.39, 0.29) is 11.7 Å². The van der Waals surface area contributed by atoms with Crippen molar-refractivity contribution in [2.24, 2.45) is 0 Å². The van der Waals surface area contributed by atoms with E-state index in [0.717, 1.165) is 35.2 Å². The van der Waals surface area contributed by atoms with Crippen molar-refractivity contribution < 1.29 is 9.53 Å². The number of nitrogens with zero attached hydrogens (tertiary/aromatic N) is 3. The molecule has 2 rings (SSSR count). The number of ketones is 1. The topological polar surface area (TPSA) is 47.4 Å². The van der Waals surface area contributed by atoms with Crippen LogP contribution in [-0.2, 0) is 17.9 Å². The zero-order valence-corrected chi connectivity index (χ0v) is 17.1. The molecule has 1 heterocycles. The average molecular weight is 350 g/mol. The van der Waals surface area contributed by atoms with E-state index in [9.17, 15) is 4.79 Å². The third kappa shape index (κ3) is 4.36. The Morgan fingerprint density at radius 2 is 2.00 bits per heavy atom. The molecule has 1 aromatic rings. The summed E-state index contributed by atoms with van der Waals surface area (Å²) in [6.45, 7) is 12.4. The predicted octanol–water partition coefficient (Wildman–Crippen LogP) is 3.50. The van der Waals surface area contributed by atoms with Gasteiger partial charge in [0.2, 0.25) is 0 Å². The zero-order valence-electron chi connectivity index (χ0n) is 16.1. The number of hydrogen-bond donors (Lipinski definition) is 0. The number of aromatic nitrogens is 2. The minimum atomic E-state index is -1.09. The number of fused-ring (bicyclic) bond motifs is 1. The fraction of sp³-hybridized carbons (Fsp3) is 0.667. The number of allylic oxidation sites excluding steroid dienone is 1. The van der Waals surface area contributed by atoms with Gasteiger partial charge < -0.3 is 9.64 Å². The third-order valence-electron chi connectivity index (χ3n) is 4.11. The van der Waals surface area contributed by atoms with Gasteiger partial charge in [0.1, 0.15) is 6.73 Å². The lowest BCUT2D eigenvalue weighted by atomic mass is 10.0. The van der Waals surface area contributed by atoms with Crippen molar-refractivity contribution in [2.75, 3.05) is 20.7 Å². The fourth-order valence-corrected chi connectivity index (χ4v) is 3.71. The molecule has 0 radical (unpaired) electrons. The lowest BCUT2D eigenvalue weighted by Crippen LogP contribution is -2.22. The van der Waals surface area contributed by atoms with E-state index < -0.39 is 8.07 Å². The van der Waals surface area contributed by atoms with Gasteiger partial charge in [0, 0.05) is 47.0 Å². The highest BCUT2D eigenvalue weighted by Gasteiger charge is 2.33. The van der Waals surface area contributed by atoms with Gasteiger partial charge in [0.25, 0.3) is 0 Å². The normalized spacial score (nSPS) is 16.3. The molecule has 0 amide bonds. The molecule has 0 aromatic carbocycles. The molecule has 1 aliphatic carbocycles. The first-order valence-corrected chi connectivity index (χ1v) is 12.4. The second-order valence-electron chi connectivity index (χ2n) is 8.33. The smallest absolute Gasteiger partial charge is 0.194 e. The van der Waals surface area contributed by atoms with Gasteiger partial charge in [-0.3, -0.25) is 4.79 Å². The van der Waals surface area contributed by atoms with Gasteiger partial charge in [-0.2, -0.15) is 5.10 Å². The largest absolute Gasteiger partial charge is 0.383 e. The van der Waals surface area contributed by atoms with E-state index in [4.69, 9.17) is 4.74 Å². The summed E-state index contributed by atoms with van der Waals surface area (Å²) in [4.78, 5) is 14.7. The molecule has 1 aromatic heterocycles. The molecule has 0 N–H and O–H groups in total. The van der Waals surface area contributed by atoms with Crippen molar-refractivity contribution in [3.05, 3.63) is 28.7 Å². The quantitative estimate of drug-likeness (QED) is 0.429. The van der Waals surface area contributed by atoms with Crippen LogP contribution in [0.25, 0.3) is 0 Å². The molecule has 6 heteroatoms. The van der Waals surface area contributed by atoms with Crippen molar-refractivity contribution in [1.82, 2.24) is 14.7 Å². The van der Waals surface area contributed by atoms with E-state index in [0.29, 0.717) is 13.2 Å². The molecule has 134 valence electrons. The molecule has 0 fully saturated rings. The highest BCUT2D eigenvalue weighted by molar-refractivity contribution is 6.76. The maximum Gasteiger partial charge on any atom is 0.194 e. The first kappa shape index (κ1) is 18.9. The monoisotopic (exact) mass is 349 g/mol. The van der Waals surface area contributed by atoms with Crippen LogP contribution < -0.4 is 0 Å². The van der Waals surface area contributed by atoms with E-state index in [1.54, 1.807) is 0 Å². The van der Waals surface area contributed by atoms with Crippen molar-refractivity contribution >= 4 is 13.9 Å². The van der Waals surface area contributed by atoms with E-state index in [1.807, 2.05) is 29.9 Å². The van der Waals surface area contributed by atoms with E-state index >= 15 is 0 Å². The van der Waals surface area contributed by atoms with Gasteiger partial charge in [-0.15, -0.1) is 0 Å². The molecule has 0 bridgehead atoms. The highest BCUT2D eigenvalue weighted by atomic mass is 28.3. The predicted molar refractivity (Wildman–Crippen MR) is 100 cm³/mol. The van der Waals surface area contributed by atoms with Crippen molar-refractivity contribution in [3.63, 3.8) is 0 Å². The van der Waals surface area contributed by atoms with Crippen molar-refractivity contribution in [2.45, 2.75) is 58.6 Å². The molecule has 0 saturated carbocycles. The zero-order chi connectivity index (χ0) is 18.1. The Labute approximate surface area is 146 Å². The fourth-order valence-electron chi connectivity index (χ4n) is 2.95. The number of hydrogen-bond acceptors (Lipinski definition) is 4. The number of rotatable bonds is 7. The summed E-state index contributed by atoms with van der Waals surface area (Å²) in [5, 5.41) is 4.68. The molecule has 0 spiro atoms.